The summed E-state index contributed by atoms with van der Waals surface area (Å²) in [5.41, 5.74) is 17.0. The largest absolute Gasteiger partial charge is 0.299 e. The minimum Gasteiger partial charge on any atom is -0.294 e. The van der Waals surface area contributed by atoms with Crippen molar-refractivity contribution >= 4 is 31.8 Å². The molecule has 13 heteroatoms. The molecule has 3 rings (SSSR count). The Kier molecular flexibility index (Phi) is 9.01. The van der Waals surface area contributed by atoms with Crippen molar-refractivity contribution in [3.63, 3.8) is 0 Å². The molecular weight excluding hydrogens is 508 g/mol. The van der Waals surface area contributed by atoms with Gasteiger partial charge < -0.3 is 0 Å². The zero-order valence-corrected chi connectivity index (χ0v) is 20.9. The second-order valence-electron chi connectivity index (χ2n) is 7.37. The number of hydrogen-bond acceptors (Lipinski definition) is 7. The SMILES string of the molecule is [N-]=[N+]=NS(=O)(=O)c1ccc(CN(CCSc2ccccc2)Cc2ccc(S(=O)(=O)N=N)cc2)cc1. The highest BCUT2D eigenvalue weighted by Crippen LogP contribution is 2.20. The highest BCUT2D eigenvalue weighted by atomic mass is 32.2. The summed E-state index contributed by atoms with van der Waals surface area (Å²) in [4.78, 5) is 5.54. The first-order valence-corrected chi connectivity index (χ1v) is 14.1. The average Bonchev–Trinajstić information content (AvgIpc) is 2.85. The number of sulfonamides is 2. The fraction of sp³-hybridized carbons (Fsp3) is 0.182. The molecule has 0 bridgehead atoms. The number of nitrogens with one attached hydrogen (secondary N) is 1. The van der Waals surface area contributed by atoms with E-state index < -0.39 is 20.0 Å². The molecule has 0 amide bonds. The Hall–Kier alpha value is -3.22. The van der Waals surface area contributed by atoms with E-state index in [1.807, 2.05) is 30.3 Å². The first-order valence-electron chi connectivity index (χ1n) is 10.3. The quantitative estimate of drug-likeness (QED) is 0.147. The monoisotopic (exact) mass is 530 g/mol. The van der Waals surface area contributed by atoms with Crippen LogP contribution in [0.2, 0.25) is 0 Å². The molecule has 0 saturated carbocycles. The van der Waals surface area contributed by atoms with Crippen LogP contribution in [0.1, 0.15) is 11.1 Å². The Morgan fingerprint density at radius 2 is 1.31 bits per heavy atom. The summed E-state index contributed by atoms with van der Waals surface area (Å²) in [6.45, 7) is 1.74. The minimum absolute atomic E-state index is 0.0424. The molecule has 35 heavy (non-hydrogen) atoms. The molecule has 0 aliphatic heterocycles. The van der Waals surface area contributed by atoms with Crippen molar-refractivity contribution in [2.24, 2.45) is 9.04 Å². The van der Waals surface area contributed by atoms with Crippen LogP contribution in [0.5, 0.6) is 0 Å². The standard InChI is InChI=1S/C22H22N6O4S3/c23-25-27-35(31,32)22-12-8-19(9-13-22)17-28(14-15-33-20-4-2-1-3-5-20)16-18-6-10-21(11-7-18)34(29,30)26-24/h1-13,24H,14-17H2. The molecule has 0 aliphatic rings. The lowest BCUT2D eigenvalue weighted by atomic mass is 10.1. The summed E-state index contributed by atoms with van der Waals surface area (Å²) in [6.07, 6.45) is 0. The van der Waals surface area contributed by atoms with Crippen molar-refractivity contribution < 1.29 is 16.8 Å². The van der Waals surface area contributed by atoms with E-state index in [1.54, 1.807) is 36.0 Å². The number of rotatable bonds is 12. The third kappa shape index (κ3) is 7.64. The van der Waals surface area contributed by atoms with Crippen LogP contribution < -0.4 is 0 Å². The topological polar surface area (TPSA) is 156 Å². The summed E-state index contributed by atoms with van der Waals surface area (Å²) < 4.78 is 52.9. The van der Waals surface area contributed by atoms with Gasteiger partial charge in [0.15, 0.2) is 0 Å². The third-order valence-corrected chi connectivity index (χ3v) is 8.19. The van der Waals surface area contributed by atoms with Gasteiger partial charge in [-0.15, -0.1) is 11.8 Å². The summed E-state index contributed by atoms with van der Waals surface area (Å²) in [5, 5.41) is 0. The first-order chi connectivity index (χ1) is 16.7. The molecule has 1 N–H and O–H groups in total. The molecule has 0 aliphatic carbocycles. The minimum atomic E-state index is -4.05. The predicted molar refractivity (Wildman–Crippen MR) is 133 cm³/mol. The third-order valence-electron chi connectivity index (χ3n) is 4.94. The van der Waals surface area contributed by atoms with Gasteiger partial charge in [0, 0.05) is 39.7 Å². The van der Waals surface area contributed by atoms with Crippen LogP contribution in [0.15, 0.2) is 103 Å². The van der Waals surface area contributed by atoms with E-state index in [0.29, 0.717) is 19.6 Å². The lowest BCUT2D eigenvalue weighted by Gasteiger charge is -2.23. The van der Waals surface area contributed by atoms with Gasteiger partial charge in [-0.1, -0.05) is 47.0 Å². The number of benzene rings is 3. The zero-order valence-electron chi connectivity index (χ0n) is 18.4. The normalized spacial score (nSPS) is 11.7. The van der Waals surface area contributed by atoms with Crippen molar-refractivity contribution in [1.82, 2.24) is 4.90 Å². The van der Waals surface area contributed by atoms with Gasteiger partial charge in [-0.3, -0.25) is 4.90 Å². The van der Waals surface area contributed by atoms with E-state index in [1.165, 1.54) is 24.3 Å². The number of hydrogen-bond donors (Lipinski definition) is 1. The van der Waals surface area contributed by atoms with Crippen molar-refractivity contribution in [3.8, 4) is 0 Å². The first kappa shape index (κ1) is 26.4. The predicted octanol–water partition coefficient (Wildman–Crippen LogP) is 5.20. The second kappa shape index (κ2) is 12.0. The molecule has 0 fully saturated rings. The van der Waals surface area contributed by atoms with Crippen molar-refractivity contribution in [2.75, 3.05) is 12.3 Å². The van der Waals surface area contributed by atoms with Gasteiger partial charge in [-0.05, 0) is 53.1 Å². The van der Waals surface area contributed by atoms with E-state index >= 15 is 0 Å². The van der Waals surface area contributed by atoms with Gasteiger partial charge in [0.05, 0.1) is 9.79 Å². The molecule has 3 aromatic rings. The molecule has 182 valence electrons. The van der Waals surface area contributed by atoms with Crippen LogP contribution in [0.3, 0.4) is 0 Å². The average molecular weight is 531 g/mol. The fourth-order valence-electron chi connectivity index (χ4n) is 3.22. The number of thioether (sulfide) groups is 1. The summed E-state index contributed by atoms with van der Waals surface area (Å²) in [5.74, 6) is 0.803. The van der Waals surface area contributed by atoms with Crippen molar-refractivity contribution in [2.45, 2.75) is 27.8 Å². The Labute approximate surface area is 208 Å². The Bertz CT molecular complexity index is 1410. The van der Waals surface area contributed by atoms with E-state index in [-0.39, 0.29) is 9.79 Å². The Balaban J connectivity index is 1.75. The van der Waals surface area contributed by atoms with Gasteiger partial charge in [0.25, 0.3) is 20.0 Å². The maximum Gasteiger partial charge on any atom is 0.299 e. The van der Waals surface area contributed by atoms with Crippen LogP contribution >= 0.6 is 11.8 Å². The van der Waals surface area contributed by atoms with Crippen LogP contribution in [0.25, 0.3) is 10.4 Å². The van der Waals surface area contributed by atoms with Crippen LogP contribution in [0.4, 0.5) is 0 Å². The van der Waals surface area contributed by atoms with E-state index in [2.05, 4.69) is 18.9 Å². The second-order valence-corrected chi connectivity index (χ2v) is 11.7. The number of azide groups is 1. The summed E-state index contributed by atoms with van der Waals surface area (Å²) in [7, 11) is -8.01. The van der Waals surface area contributed by atoms with E-state index in [9.17, 15) is 16.8 Å². The van der Waals surface area contributed by atoms with Crippen LogP contribution in [-0.2, 0) is 33.1 Å². The highest BCUT2D eigenvalue weighted by Gasteiger charge is 2.15. The molecule has 0 heterocycles. The molecule has 0 saturated heterocycles. The van der Waals surface area contributed by atoms with E-state index in [0.717, 1.165) is 21.8 Å². The van der Waals surface area contributed by atoms with Crippen LogP contribution in [0, 0.1) is 5.53 Å². The van der Waals surface area contributed by atoms with Gasteiger partial charge in [-0.25, -0.2) is 8.42 Å². The lowest BCUT2D eigenvalue weighted by Crippen LogP contribution is -2.25. The maximum absolute atomic E-state index is 11.9. The van der Waals surface area contributed by atoms with Gasteiger partial charge in [0.1, 0.15) is 0 Å². The molecule has 0 spiro atoms. The molecule has 0 unspecified atom stereocenters. The van der Waals surface area contributed by atoms with Crippen LogP contribution in [-0.4, -0.2) is 34.0 Å². The number of nitrogens with zero attached hydrogens (tertiary/aromatic N) is 5. The lowest BCUT2D eigenvalue weighted by molar-refractivity contribution is 0.274. The van der Waals surface area contributed by atoms with Gasteiger partial charge in [-0.2, -0.15) is 13.9 Å². The maximum atomic E-state index is 11.9. The summed E-state index contributed by atoms with van der Waals surface area (Å²) in [6, 6.07) is 22.4. The van der Waals surface area contributed by atoms with Gasteiger partial charge >= 0.3 is 0 Å². The molecule has 3 aromatic carbocycles. The van der Waals surface area contributed by atoms with E-state index in [4.69, 9.17) is 11.1 Å². The Morgan fingerprint density at radius 3 is 1.80 bits per heavy atom. The van der Waals surface area contributed by atoms with Crippen molar-refractivity contribution in [1.29, 1.82) is 5.53 Å². The molecule has 0 radical (unpaired) electrons. The molecule has 0 atom stereocenters. The Morgan fingerprint density at radius 1 is 0.800 bits per heavy atom. The molecule has 0 aromatic heterocycles. The summed E-state index contributed by atoms with van der Waals surface area (Å²) >= 11 is 1.71. The van der Waals surface area contributed by atoms with Crippen molar-refractivity contribution in [3.05, 3.63) is 100 Å². The van der Waals surface area contributed by atoms with Gasteiger partial charge in [0.2, 0.25) is 0 Å². The fourth-order valence-corrected chi connectivity index (χ4v) is 5.41. The highest BCUT2D eigenvalue weighted by molar-refractivity contribution is 7.99. The molecular formula is C22H22N6O4S3. The smallest absolute Gasteiger partial charge is 0.294 e. The zero-order chi connectivity index (χ0) is 25.3. The molecule has 10 nitrogen and oxygen atoms in total.